The number of imidazole rings is 1. The Balaban J connectivity index is 0.00000225. The van der Waals surface area contributed by atoms with Gasteiger partial charge in [-0.3, -0.25) is 4.79 Å². The van der Waals surface area contributed by atoms with Crippen molar-refractivity contribution in [2.45, 2.75) is 19.6 Å². The van der Waals surface area contributed by atoms with Crippen molar-refractivity contribution in [3.63, 3.8) is 0 Å². The number of aliphatic hydroxyl groups excluding tert-OH is 1. The smallest absolute Gasteiger partial charge is 0.221 e. The van der Waals surface area contributed by atoms with Gasteiger partial charge >= 0.3 is 0 Å². The molecule has 132 valence electrons. The van der Waals surface area contributed by atoms with Crippen molar-refractivity contribution in [3.8, 4) is 5.75 Å². The third-order valence-corrected chi connectivity index (χ3v) is 3.55. The summed E-state index contributed by atoms with van der Waals surface area (Å²) >= 11 is 0. The number of ether oxygens (including phenoxy) is 1. The summed E-state index contributed by atoms with van der Waals surface area (Å²) in [6.45, 7) is 2.04. The van der Waals surface area contributed by atoms with E-state index in [9.17, 15) is 9.90 Å². The number of nitrogens with one attached hydrogen (secondary N) is 1. The Morgan fingerprint density at radius 1 is 1.24 bits per heavy atom. The van der Waals surface area contributed by atoms with Gasteiger partial charge in [0.1, 0.15) is 18.5 Å². The lowest BCUT2D eigenvalue weighted by Crippen LogP contribution is -3.00. The zero-order valence-electron chi connectivity index (χ0n) is 13.7. The van der Waals surface area contributed by atoms with Crippen LogP contribution < -0.4 is 22.5 Å². The number of hydrogen-bond donors (Lipinski definition) is 2. The fourth-order valence-corrected chi connectivity index (χ4v) is 2.47. The predicted molar refractivity (Wildman–Crippen MR) is 92.0 cm³/mol. The van der Waals surface area contributed by atoms with E-state index in [4.69, 9.17) is 4.74 Å². The van der Waals surface area contributed by atoms with E-state index in [-0.39, 0.29) is 24.9 Å². The van der Waals surface area contributed by atoms with Crippen molar-refractivity contribution in [3.05, 3.63) is 54.9 Å². The molecule has 3 aromatic rings. The average Bonchev–Trinajstić information content (AvgIpc) is 2.97. The summed E-state index contributed by atoms with van der Waals surface area (Å²) < 4.78 is 7.50. The van der Waals surface area contributed by atoms with Gasteiger partial charge in [-0.05, 0) is 36.4 Å². The highest BCUT2D eigenvalue weighted by Gasteiger charge is 2.09. The van der Waals surface area contributed by atoms with Crippen LogP contribution in [0.5, 0.6) is 5.75 Å². The molecular weight excluding hydrogens is 342 g/mol. The van der Waals surface area contributed by atoms with Crippen molar-refractivity contribution in [2.24, 2.45) is 0 Å². The van der Waals surface area contributed by atoms with Gasteiger partial charge in [-0.25, -0.2) is 4.98 Å². The molecule has 2 aromatic carbocycles. The fraction of sp³-hybridized carbons (Fsp3) is 0.222. The van der Waals surface area contributed by atoms with Crippen LogP contribution in [0.2, 0.25) is 0 Å². The number of amides is 1. The predicted octanol–water partition coefficient (Wildman–Crippen LogP) is -0.561. The van der Waals surface area contributed by atoms with Crippen molar-refractivity contribution in [2.75, 3.05) is 11.9 Å². The minimum atomic E-state index is -0.655. The second-order valence-corrected chi connectivity index (χ2v) is 5.56. The summed E-state index contributed by atoms with van der Waals surface area (Å²) in [6.07, 6.45) is 1.06. The standard InChI is InChI=1S/C18H19N3O3.ClH/c1-13(22)20-14-6-8-16(9-7-14)24-11-15(23)10-21-12-19-17-4-2-3-5-18(17)21;/h2-9,12,15,23H,10-11H2,1H3,(H,20,22);1H/p-1. The molecule has 0 fully saturated rings. The summed E-state index contributed by atoms with van der Waals surface area (Å²) in [6, 6.07) is 14.8. The fourth-order valence-electron chi connectivity index (χ4n) is 2.47. The van der Waals surface area contributed by atoms with Crippen molar-refractivity contribution < 1.29 is 27.0 Å². The number of anilines is 1. The van der Waals surface area contributed by atoms with Crippen molar-refractivity contribution in [1.29, 1.82) is 0 Å². The maximum atomic E-state index is 11.0. The van der Waals surface area contributed by atoms with Gasteiger partial charge in [0.2, 0.25) is 5.91 Å². The molecule has 0 aliphatic rings. The summed E-state index contributed by atoms with van der Waals surface area (Å²) in [4.78, 5) is 15.3. The monoisotopic (exact) mass is 360 g/mol. The number of carbonyl (C=O) groups excluding carboxylic acids is 1. The largest absolute Gasteiger partial charge is 1.00 e. The Labute approximate surface area is 151 Å². The molecule has 3 rings (SSSR count). The molecule has 1 aromatic heterocycles. The molecule has 6 nitrogen and oxygen atoms in total. The lowest BCUT2D eigenvalue weighted by molar-refractivity contribution is -0.114. The molecule has 2 N–H and O–H groups in total. The average molecular weight is 361 g/mol. The first-order valence-corrected chi connectivity index (χ1v) is 7.70. The zero-order chi connectivity index (χ0) is 16.9. The van der Waals surface area contributed by atoms with Gasteiger partial charge in [-0.15, -0.1) is 0 Å². The van der Waals surface area contributed by atoms with Crippen LogP contribution >= 0.6 is 0 Å². The van der Waals surface area contributed by atoms with Crippen LogP contribution in [0, 0.1) is 0 Å². The Morgan fingerprint density at radius 3 is 2.68 bits per heavy atom. The van der Waals surface area contributed by atoms with Gasteiger partial charge in [0.25, 0.3) is 0 Å². The van der Waals surface area contributed by atoms with Gasteiger partial charge in [0.05, 0.1) is 23.9 Å². The van der Waals surface area contributed by atoms with E-state index < -0.39 is 6.10 Å². The molecule has 0 saturated carbocycles. The third-order valence-electron chi connectivity index (χ3n) is 3.55. The number of hydrogen-bond acceptors (Lipinski definition) is 4. The molecule has 25 heavy (non-hydrogen) atoms. The SMILES string of the molecule is CC(=O)Nc1ccc(OCC(O)Cn2cnc3ccccc32)cc1.[Cl-]. The Hall–Kier alpha value is -2.57. The zero-order valence-corrected chi connectivity index (χ0v) is 14.5. The van der Waals surface area contributed by atoms with E-state index in [2.05, 4.69) is 10.3 Å². The molecule has 0 saturated heterocycles. The van der Waals surface area contributed by atoms with Crippen LogP contribution in [-0.2, 0) is 11.3 Å². The third kappa shape index (κ3) is 4.95. The van der Waals surface area contributed by atoms with Gasteiger partial charge in [-0.1, -0.05) is 12.1 Å². The van der Waals surface area contributed by atoms with Crippen LogP contribution in [0.1, 0.15) is 6.92 Å². The highest BCUT2D eigenvalue weighted by Crippen LogP contribution is 2.16. The van der Waals surface area contributed by atoms with Crippen LogP contribution in [-0.4, -0.2) is 33.3 Å². The van der Waals surface area contributed by atoms with Crippen LogP contribution in [0.3, 0.4) is 0 Å². The first-order valence-electron chi connectivity index (χ1n) is 7.70. The lowest BCUT2D eigenvalue weighted by Gasteiger charge is -2.14. The second kappa shape index (κ2) is 8.50. The minimum absolute atomic E-state index is 0. The number of aliphatic hydroxyl groups is 1. The first kappa shape index (κ1) is 18.8. The van der Waals surface area contributed by atoms with E-state index in [1.165, 1.54) is 6.92 Å². The van der Waals surface area contributed by atoms with E-state index in [0.29, 0.717) is 18.0 Å². The molecule has 0 aliphatic carbocycles. The van der Waals surface area contributed by atoms with E-state index >= 15 is 0 Å². The molecule has 0 bridgehead atoms. The number of nitrogens with zero attached hydrogens (tertiary/aromatic N) is 2. The molecule has 1 atom stereocenters. The van der Waals surface area contributed by atoms with Crippen LogP contribution in [0.4, 0.5) is 5.69 Å². The summed E-state index contributed by atoms with van der Waals surface area (Å²) in [5.74, 6) is 0.519. The van der Waals surface area contributed by atoms with E-state index in [0.717, 1.165) is 11.0 Å². The number of halogens is 1. The normalized spacial score (nSPS) is 11.6. The number of benzene rings is 2. The van der Waals surface area contributed by atoms with E-state index in [1.54, 1.807) is 30.6 Å². The number of rotatable bonds is 6. The quantitative estimate of drug-likeness (QED) is 0.618. The number of para-hydroxylation sites is 2. The van der Waals surface area contributed by atoms with Gasteiger partial charge in [-0.2, -0.15) is 0 Å². The highest BCUT2D eigenvalue weighted by molar-refractivity contribution is 5.88. The maximum Gasteiger partial charge on any atom is 0.221 e. The van der Waals surface area contributed by atoms with E-state index in [1.807, 2.05) is 28.8 Å². The summed E-state index contributed by atoms with van der Waals surface area (Å²) in [7, 11) is 0. The van der Waals surface area contributed by atoms with Crippen LogP contribution in [0.15, 0.2) is 54.9 Å². The molecule has 1 heterocycles. The highest BCUT2D eigenvalue weighted by atomic mass is 35.5. The number of aromatic nitrogens is 2. The minimum Gasteiger partial charge on any atom is -1.00 e. The topological polar surface area (TPSA) is 76.4 Å². The van der Waals surface area contributed by atoms with Gasteiger partial charge in [0.15, 0.2) is 0 Å². The van der Waals surface area contributed by atoms with Crippen molar-refractivity contribution in [1.82, 2.24) is 9.55 Å². The van der Waals surface area contributed by atoms with Gasteiger partial charge in [0, 0.05) is 12.6 Å². The summed E-state index contributed by atoms with van der Waals surface area (Å²) in [5, 5.41) is 12.9. The molecule has 1 unspecified atom stereocenters. The molecule has 0 spiro atoms. The molecule has 1 amide bonds. The Kier molecular flexibility index (Phi) is 6.38. The number of carbonyl (C=O) groups is 1. The molecule has 0 aliphatic heterocycles. The second-order valence-electron chi connectivity index (χ2n) is 5.56. The number of fused-ring (bicyclic) bond motifs is 1. The molecular formula is C18H19ClN3O3-. The Bertz CT molecular complexity index is 833. The Morgan fingerprint density at radius 2 is 1.96 bits per heavy atom. The molecule has 7 heteroatoms. The first-order chi connectivity index (χ1) is 11.6. The maximum absolute atomic E-state index is 11.0. The molecule has 0 radical (unpaired) electrons. The summed E-state index contributed by atoms with van der Waals surface area (Å²) in [5.41, 5.74) is 2.59. The van der Waals surface area contributed by atoms with Crippen LogP contribution in [0.25, 0.3) is 11.0 Å². The lowest BCUT2D eigenvalue weighted by atomic mass is 10.3. The van der Waals surface area contributed by atoms with Gasteiger partial charge < -0.3 is 32.1 Å². The van der Waals surface area contributed by atoms with Crippen molar-refractivity contribution >= 4 is 22.6 Å².